The number of nitrogens with zero attached hydrogens (tertiary/aromatic N) is 2. The molecule has 0 spiro atoms. The van der Waals surface area contributed by atoms with Crippen molar-refractivity contribution in [2.24, 2.45) is 0 Å². The standard InChI is InChI=1S/C10H10N2O4/c1-16-9(13)6-2-7-4-12(10(14)15)5-8(7)11-3-6/h2-3H,4-5H2,1H3,(H,14,15). The van der Waals surface area contributed by atoms with Crippen LogP contribution in [-0.2, 0) is 17.8 Å². The number of ether oxygens (including phenoxy) is 1. The summed E-state index contributed by atoms with van der Waals surface area (Å²) < 4.78 is 4.56. The fourth-order valence-electron chi connectivity index (χ4n) is 1.62. The molecule has 1 aliphatic rings. The van der Waals surface area contributed by atoms with Gasteiger partial charge in [-0.25, -0.2) is 9.59 Å². The Labute approximate surface area is 91.5 Å². The lowest BCUT2D eigenvalue weighted by molar-refractivity contribution is 0.0600. The van der Waals surface area contributed by atoms with Gasteiger partial charge in [0.15, 0.2) is 0 Å². The summed E-state index contributed by atoms with van der Waals surface area (Å²) in [7, 11) is 1.29. The maximum atomic E-state index is 11.2. The largest absolute Gasteiger partial charge is 0.465 e. The molecule has 2 rings (SSSR count). The number of carbonyl (C=O) groups excluding carboxylic acids is 1. The van der Waals surface area contributed by atoms with E-state index in [1.807, 2.05) is 0 Å². The van der Waals surface area contributed by atoms with E-state index in [0.29, 0.717) is 11.3 Å². The normalized spacial score (nSPS) is 13.4. The SMILES string of the molecule is COC(=O)c1cnc2c(c1)CN(C(=O)O)C2. The zero-order chi connectivity index (χ0) is 11.7. The first-order valence-electron chi connectivity index (χ1n) is 4.66. The molecule has 1 aromatic rings. The first-order valence-corrected chi connectivity index (χ1v) is 4.66. The van der Waals surface area contributed by atoms with Crippen molar-refractivity contribution in [1.82, 2.24) is 9.88 Å². The molecule has 0 saturated heterocycles. The first-order chi connectivity index (χ1) is 7.61. The summed E-state index contributed by atoms with van der Waals surface area (Å²) in [6.45, 7) is 0.536. The average Bonchev–Trinajstić information content (AvgIpc) is 2.70. The third-order valence-corrected chi connectivity index (χ3v) is 2.45. The van der Waals surface area contributed by atoms with E-state index in [4.69, 9.17) is 5.11 Å². The minimum absolute atomic E-state index is 0.266. The van der Waals surface area contributed by atoms with Crippen molar-refractivity contribution in [2.45, 2.75) is 13.1 Å². The van der Waals surface area contributed by atoms with Crippen molar-refractivity contribution in [3.63, 3.8) is 0 Å². The topological polar surface area (TPSA) is 79.7 Å². The Balaban J connectivity index is 2.27. The van der Waals surface area contributed by atoms with Crippen LogP contribution < -0.4 is 0 Å². The molecule has 1 aliphatic heterocycles. The van der Waals surface area contributed by atoms with Gasteiger partial charge >= 0.3 is 12.1 Å². The minimum Gasteiger partial charge on any atom is -0.465 e. The minimum atomic E-state index is -0.988. The van der Waals surface area contributed by atoms with Crippen LogP contribution in [0.4, 0.5) is 4.79 Å². The summed E-state index contributed by atoms with van der Waals surface area (Å²) >= 11 is 0. The van der Waals surface area contributed by atoms with Crippen LogP contribution in [0.1, 0.15) is 21.6 Å². The van der Waals surface area contributed by atoms with Gasteiger partial charge in [-0.2, -0.15) is 0 Å². The van der Waals surface area contributed by atoms with Crippen LogP contribution in [0.2, 0.25) is 0 Å². The molecule has 1 amide bonds. The van der Waals surface area contributed by atoms with Crippen molar-refractivity contribution in [3.8, 4) is 0 Å². The third-order valence-electron chi connectivity index (χ3n) is 2.45. The fraction of sp³-hybridized carbons (Fsp3) is 0.300. The number of hydrogen-bond donors (Lipinski definition) is 1. The zero-order valence-electron chi connectivity index (χ0n) is 8.64. The van der Waals surface area contributed by atoms with Gasteiger partial charge in [-0.05, 0) is 11.6 Å². The molecule has 0 bridgehead atoms. The van der Waals surface area contributed by atoms with E-state index in [2.05, 4.69) is 9.72 Å². The summed E-state index contributed by atoms with van der Waals surface area (Å²) in [6, 6.07) is 1.62. The van der Waals surface area contributed by atoms with Crippen LogP contribution in [0.15, 0.2) is 12.3 Å². The van der Waals surface area contributed by atoms with Crippen molar-refractivity contribution in [2.75, 3.05) is 7.11 Å². The van der Waals surface area contributed by atoms with E-state index in [9.17, 15) is 9.59 Å². The summed E-state index contributed by atoms with van der Waals surface area (Å²) in [5.41, 5.74) is 1.79. The first kappa shape index (κ1) is 10.4. The Bertz CT molecular complexity index is 458. The van der Waals surface area contributed by atoms with Crippen molar-refractivity contribution < 1.29 is 19.4 Å². The molecule has 0 fully saturated rings. The second-order valence-electron chi connectivity index (χ2n) is 3.46. The van der Waals surface area contributed by atoms with Crippen LogP contribution in [-0.4, -0.2) is 34.2 Å². The molecular weight excluding hydrogens is 212 g/mol. The van der Waals surface area contributed by atoms with Crippen LogP contribution in [0.5, 0.6) is 0 Å². The van der Waals surface area contributed by atoms with Crippen LogP contribution in [0.3, 0.4) is 0 Å². The maximum absolute atomic E-state index is 11.2. The highest BCUT2D eigenvalue weighted by atomic mass is 16.5. The average molecular weight is 222 g/mol. The number of carbonyl (C=O) groups is 2. The summed E-state index contributed by atoms with van der Waals surface area (Å²) in [4.78, 5) is 27.3. The van der Waals surface area contributed by atoms with Crippen molar-refractivity contribution in [3.05, 3.63) is 29.1 Å². The Morgan fingerprint density at radius 3 is 2.88 bits per heavy atom. The Morgan fingerprint density at radius 2 is 2.25 bits per heavy atom. The molecule has 0 unspecified atom stereocenters. The number of aromatic nitrogens is 1. The summed E-state index contributed by atoms with van der Waals surface area (Å²) in [5, 5.41) is 8.82. The number of rotatable bonds is 1. The molecule has 0 aromatic carbocycles. The van der Waals surface area contributed by atoms with Gasteiger partial charge in [0.05, 0.1) is 31.5 Å². The molecule has 0 radical (unpaired) electrons. The molecule has 0 aliphatic carbocycles. The molecule has 6 heteroatoms. The molecule has 0 atom stereocenters. The molecule has 1 N–H and O–H groups in total. The Morgan fingerprint density at radius 1 is 1.50 bits per heavy atom. The van der Waals surface area contributed by atoms with Gasteiger partial charge in [0.1, 0.15) is 0 Å². The number of carboxylic acid groups (broad SMARTS) is 1. The van der Waals surface area contributed by atoms with Crippen molar-refractivity contribution >= 4 is 12.1 Å². The van der Waals surface area contributed by atoms with Crippen molar-refractivity contribution in [1.29, 1.82) is 0 Å². The van der Waals surface area contributed by atoms with Gasteiger partial charge in [-0.15, -0.1) is 0 Å². The molecular formula is C10H10N2O4. The zero-order valence-corrected chi connectivity index (χ0v) is 8.64. The fourth-order valence-corrected chi connectivity index (χ4v) is 1.62. The van der Waals surface area contributed by atoms with Gasteiger partial charge in [-0.1, -0.05) is 0 Å². The van der Waals surface area contributed by atoms with E-state index >= 15 is 0 Å². The quantitative estimate of drug-likeness (QED) is 0.713. The van der Waals surface area contributed by atoms with Gasteiger partial charge in [0.25, 0.3) is 0 Å². The lowest BCUT2D eigenvalue weighted by Gasteiger charge is -2.08. The van der Waals surface area contributed by atoms with Gasteiger partial charge in [0, 0.05) is 6.20 Å². The second-order valence-corrected chi connectivity index (χ2v) is 3.46. The van der Waals surface area contributed by atoms with E-state index in [1.54, 1.807) is 6.07 Å². The van der Waals surface area contributed by atoms with Gasteiger partial charge in [-0.3, -0.25) is 9.88 Å². The van der Waals surface area contributed by atoms with Gasteiger partial charge < -0.3 is 9.84 Å². The molecule has 84 valence electrons. The van der Waals surface area contributed by atoms with Crippen LogP contribution in [0, 0.1) is 0 Å². The predicted molar refractivity (Wildman–Crippen MR) is 52.8 cm³/mol. The molecule has 16 heavy (non-hydrogen) atoms. The Hall–Kier alpha value is -2.11. The lowest BCUT2D eigenvalue weighted by atomic mass is 10.2. The third kappa shape index (κ3) is 1.69. The molecule has 2 heterocycles. The van der Waals surface area contributed by atoms with E-state index in [-0.39, 0.29) is 13.1 Å². The Kier molecular flexibility index (Phi) is 2.47. The molecule has 0 saturated carbocycles. The number of fused-ring (bicyclic) bond motifs is 1. The van der Waals surface area contributed by atoms with Crippen LogP contribution >= 0.6 is 0 Å². The number of hydrogen-bond acceptors (Lipinski definition) is 4. The number of methoxy groups -OCH3 is 1. The van der Waals surface area contributed by atoms with E-state index in [1.165, 1.54) is 18.2 Å². The highest BCUT2D eigenvalue weighted by molar-refractivity contribution is 5.89. The number of esters is 1. The maximum Gasteiger partial charge on any atom is 0.407 e. The highest BCUT2D eigenvalue weighted by Gasteiger charge is 2.24. The second kappa shape index (κ2) is 3.80. The summed E-state index contributed by atoms with van der Waals surface area (Å²) in [5.74, 6) is -0.468. The smallest absolute Gasteiger partial charge is 0.407 e. The lowest BCUT2D eigenvalue weighted by Crippen LogP contribution is -2.22. The summed E-state index contributed by atoms with van der Waals surface area (Å²) in [6.07, 6.45) is 0.411. The van der Waals surface area contributed by atoms with Gasteiger partial charge in [0.2, 0.25) is 0 Å². The predicted octanol–water partition coefficient (Wildman–Crippen LogP) is 0.862. The van der Waals surface area contributed by atoms with E-state index in [0.717, 1.165) is 5.56 Å². The highest BCUT2D eigenvalue weighted by Crippen LogP contribution is 2.21. The molecule has 1 aromatic heterocycles. The monoisotopic (exact) mass is 222 g/mol. The van der Waals surface area contributed by atoms with Crippen LogP contribution in [0.25, 0.3) is 0 Å². The number of amides is 1. The number of pyridine rings is 1. The van der Waals surface area contributed by atoms with E-state index < -0.39 is 12.1 Å². The molecule has 6 nitrogen and oxygen atoms in total.